The van der Waals surface area contributed by atoms with Gasteiger partial charge < -0.3 is 9.64 Å². The van der Waals surface area contributed by atoms with Gasteiger partial charge in [0.2, 0.25) is 0 Å². The molecule has 1 fully saturated rings. The second-order valence-corrected chi connectivity index (χ2v) is 7.51. The Bertz CT molecular complexity index is 827. The lowest BCUT2D eigenvalue weighted by Crippen LogP contribution is -2.45. The van der Waals surface area contributed by atoms with E-state index in [9.17, 15) is 5.26 Å². The Hall–Kier alpha value is -1.77. The maximum absolute atomic E-state index is 9.39. The highest BCUT2D eigenvalue weighted by Crippen LogP contribution is 2.28. The number of likely N-dealkylation sites (N-methyl/N-ethyl adjacent to an activating group) is 1. The van der Waals surface area contributed by atoms with E-state index in [0.717, 1.165) is 67.1 Å². The summed E-state index contributed by atoms with van der Waals surface area (Å²) in [5.41, 5.74) is 5.34. The monoisotopic (exact) mass is 435 g/mol. The lowest BCUT2D eigenvalue weighted by Gasteiger charge is -2.32. The van der Waals surface area contributed by atoms with Gasteiger partial charge in [-0.05, 0) is 43.7 Å². The Morgan fingerprint density at radius 2 is 1.69 bits per heavy atom. The first kappa shape index (κ1) is 25.3. The number of nitrogens with zero attached hydrogens (tertiary/aromatic N) is 3. The minimum absolute atomic E-state index is 0. The lowest BCUT2D eigenvalue weighted by molar-refractivity contribution is 0.133. The molecule has 6 heteroatoms. The van der Waals surface area contributed by atoms with Crippen LogP contribution in [0.4, 0.5) is 0 Å². The van der Waals surface area contributed by atoms with Gasteiger partial charge in [-0.2, -0.15) is 5.26 Å². The fraction of sp³-hybridized carbons (Fsp3) is 0.435. The first-order valence-corrected chi connectivity index (χ1v) is 9.68. The molecule has 0 bridgehead atoms. The molecular formula is C23H31Cl2N3O. The zero-order chi connectivity index (χ0) is 19.2. The number of halogens is 2. The van der Waals surface area contributed by atoms with Gasteiger partial charge in [0.05, 0.1) is 11.6 Å². The third kappa shape index (κ3) is 6.90. The van der Waals surface area contributed by atoms with Crippen LogP contribution in [-0.4, -0.2) is 56.2 Å². The Labute approximate surface area is 187 Å². The first-order valence-electron chi connectivity index (χ1n) is 9.68. The van der Waals surface area contributed by atoms with Gasteiger partial charge in [0.15, 0.2) is 0 Å². The molecule has 158 valence electrons. The highest BCUT2D eigenvalue weighted by molar-refractivity contribution is 5.85. The third-order valence-electron chi connectivity index (χ3n) is 5.26. The molecule has 1 heterocycles. The van der Waals surface area contributed by atoms with Crippen LogP contribution in [0.25, 0.3) is 0 Å². The molecule has 4 nitrogen and oxygen atoms in total. The normalized spacial score (nSPS) is 14.4. The van der Waals surface area contributed by atoms with Crippen LogP contribution in [0.5, 0.6) is 5.75 Å². The van der Waals surface area contributed by atoms with E-state index in [2.05, 4.69) is 48.9 Å². The van der Waals surface area contributed by atoms with Gasteiger partial charge in [0, 0.05) is 39.1 Å². The summed E-state index contributed by atoms with van der Waals surface area (Å²) in [5, 5.41) is 9.39. The summed E-state index contributed by atoms with van der Waals surface area (Å²) < 4.78 is 6.26. The van der Waals surface area contributed by atoms with Gasteiger partial charge in [-0.25, -0.2) is 0 Å². The predicted molar refractivity (Wildman–Crippen MR) is 124 cm³/mol. The summed E-state index contributed by atoms with van der Waals surface area (Å²) in [5.74, 6) is 0.975. The second kappa shape index (κ2) is 12.0. The second-order valence-electron chi connectivity index (χ2n) is 7.51. The molecule has 0 amide bonds. The van der Waals surface area contributed by atoms with Gasteiger partial charge in [-0.15, -0.1) is 24.8 Å². The Kier molecular flexibility index (Phi) is 10.5. The van der Waals surface area contributed by atoms with Crippen molar-refractivity contribution in [2.45, 2.75) is 20.3 Å². The number of rotatable bonds is 6. The third-order valence-corrected chi connectivity index (χ3v) is 5.26. The molecule has 0 saturated carbocycles. The molecule has 1 aliphatic rings. The molecular weight excluding hydrogens is 405 g/mol. The Balaban J connectivity index is 0.00000210. The molecule has 0 radical (unpaired) electrons. The summed E-state index contributed by atoms with van der Waals surface area (Å²) in [6, 6.07) is 14.5. The Morgan fingerprint density at radius 3 is 2.38 bits per heavy atom. The molecule has 0 unspecified atom stereocenters. The van der Waals surface area contributed by atoms with E-state index in [-0.39, 0.29) is 24.8 Å². The summed E-state index contributed by atoms with van der Waals surface area (Å²) in [4.78, 5) is 4.83. The SMILES string of the molecule is Cc1cc(C)c(OCCN2CCN(C)CC2)c(Cc2ccccc2C#N)c1.Cl.Cl. The van der Waals surface area contributed by atoms with E-state index in [1.807, 2.05) is 24.3 Å². The first-order chi connectivity index (χ1) is 13.1. The fourth-order valence-corrected chi connectivity index (χ4v) is 3.72. The van der Waals surface area contributed by atoms with Crippen LogP contribution < -0.4 is 4.74 Å². The number of benzene rings is 2. The van der Waals surface area contributed by atoms with Crippen molar-refractivity contribution in [3.05, 3.63) is 64.2 Å². The van der Waals surface area contributed by atoms with Crippen LogP contribution in [0.3, 0.4) is 0 Å². The molecule has 0 aliphatic carbocycles. The minimum atomic E-state index is 0. The van der Waals surface area contributed by atoms with Gasteiger partial charge >= 0.3 is 0 Å². The maximum Gasteiger partial charge on any atom is 0.125 e. The van der Waals surface area contributed by atoms with Crippen molar-refractivity contribution in [3.8, 4) is 11.8 Å². The standard InChI is InChI=1S/C23H29N3O.2ClH/c1-18-14-19(2)23(27-13-12-26-10-8-25(3)9-11-26)22(15-18)16-20-6-4-5-7-21(20)17-24;;/h4-7,14-15H,8-13,16H2,1-3H3;2*1H. The topological polar surface area (TPSA) is 39.5 Å². The van der Waals surface area contributed by atoms with Gasteiger partial charge in [0.25, 0.3) is 0 Å². The molecule has 0 atom stereocenters. The zero-order valence-electron chi connectivity index (χ0n) is 17.5. The van der Waals surface area contributed by atoms with Crippen LogP contribution in [0, 0.1) is 25.2 Å². The van der Waals surface area contributed by atoms with E-state index in [1.54, 1.807) is 0 Å². The molecule has 29 heavy (non-hydrogen) atoms. The predicted octanol–water partition coefficient (Wildman–Crippen LogP) is 4.24. The number of hydrogen-bond donors (Lipinski definition) is 0. The molecule has 2 aromatic carbocycles. The number of ether oxygens (including phenoxy) is 1. The van der Waals surface area contributed by atoms with E-state index in [1.165, 1.54) is 5.56 Å². The minimum Gasteiger partial charge on any atom is -0.492 e. The number of piperazine rings is 1. The van der Waals surface area contributed by atoms with Crippen LogP contribution in [0.15, 0.2) is 36.4 Å². The van der Waals surface area contributed by atoms with Crippen molar-refractivity contribution in [1.29, 1.82) is 5.26 Å². The quantitative estimate of drug-likeness (QED) is 0.679. The van der Waals surface area contributed by atoms with Crippen molar-refractivity contribution >= 4 is 24.8 Å². The van der Waals surface area contributed by atoms with E-state index < -0.39 is 0 Å². The summed E-state index contributed by atoms with van der Waals surface area (Å²) in [6.07, 6.45) is 0.718. The van der Waals surface area contributed by atoms with E-state index in [0.29, 0.717) is 6.61 Å². The molecule has 1 saturated heterocycles. The van der Waals surface area contributed by atoms with E-state index >= 15 is 0 Å². The maximum atomic E-state index is 9.39. The zero-order valence-corrected chi connectivity index (χ0v) is 19.1. The number of hydrogen-bond acceptors (Lipinski definition) is 4. The number of aryl methyl sites for hydroxylation is 2. The van der Waals surface area contributed by atoms with Gasteiger partial charge in [-0.3, -0.25) is 4.90 Å². The number of nitriles is 1. The molecule has 3 rings (SSSR count). The summed E-state index contributed by atoms with van der Waals surface area (Å²) in [7, 11) is 2.18. The highest BCUT2D eigenvalue weighted by Gasteiger charge is 2.15. The lowest BCUT2D eigenvalue weighted by atomic mass is 9.96. The van der Waals surface area contributed by atoms with Crippen LogP contribution in [0.1, 0.15) is 27.8 Å². The fourth-order valence-electron chi connectivity index (χ4n) is 3.72. The summed E-state index contributed by atoms with van der Waals surface area (Å²) in [6.45, 7) is 10.3. The van der Waals surface area contributed by atoms with Crippen molar-refractivity contribution in [2.24, 2.45) is 0 Å². The van der Waals surface area contributed by atoms with Crippen molar-refractivity contribution in [1.82, 2.24) is 9.80 Å². The highest BCUT2D eigenvalue weighted by atomic mass is 35.5. The molecule has 0 spiro atoms. The van der Waals surface area contributed by atoms with Gasteiger partial charge in [-0.1, -0.05) is 35.9 Å². The smallest absolute Gasteiger partial charge is 0.125 e. The van der Waals surface area contributed by atoms with Gasteiger partial charge in [0.1, 0.15) is 12.4 Å². The van der Waals surface area contributed by atoms with Crippen LogP contribution >= 0.6 is 24.8 Å². The van der Waals surface area contributed by atoms with Crippen molar-refractivity contribution < 1.29 is 4.74 Å². The molecule has 2 aromatic rings. The molecule has 0 N–H and O–H groups in total. The van der Waals surface area contributed by atoms with E-state index in [4.69, 9.17) is 4.74 Å². The van der Waals surface area contributed by atoms with Crippen molar-refractivity contribution in [3.63, 3.8) is 0 Å². The average molecular weight is 436 g/mol. The molecule has 1 aliphatic heterocycles. The summed E-state index contributed by atoms with van der Waals surface area (Å²) >= 11 is 0. The van der Waals surface area contributed by atoms with Crippen molar-refractivity contribution in [2.75, 3.05) is 46.4 Å². The average Bonchev–Trinajstić information content (AvgIpc) is 2.65. The molecule has 0 aromatic heterocycles. The largest absolute Gasteiger partial charge is 0.492 e. The Morgan fingerprint density at radius 1 is 1.00 bits per heavy atom. The van der Waals surface area contributed by atoms with Crippen LogP contribution in [-0.2, 0) is 6.42 Å². The van der Waals surface area contributed by atoms with Crippen LogP contribution in [0.2, 0.25) is 0 Å².